The summed E-state index contributed by atoms with van der Waals surface area (Å²) in [5.41, 5.74) is 5.42. The average Bonchev–Trinajstić information content (AvgIpc) is 2.51. The van der Waals surface area contributed by atoms with Gasteiger partial charge < -0.3 is 15.6 Å². The Morgan fingerprint density at radius 1 is 1.79 bits per heavy atom. The smallest absolute Gasteiger partial charge is 0.322 e. The maximum Gasteiger partial charge on any atom is 0.322 e. The molecule has 1 aliphatic rings. The number of aliphatic carboxylic acids is 1. The van der Waals surface area contributed by atoms with Gasteiger partial charge in [0, 0.05) is 19.2 Å². The van der Waals surface area contributed by atoms with Crippen molar-refractivity contribution in [2.75, 3.05) is 20.2 Å². The van der Waals surface area contributed by atoms with E-state index in [9.17, 15) is 4.79 Å². The van der Waals surface area contributed by atoms with Crippen molar-refractivity contribution in [1.82, 2.24) is 4.90 Å². The summed E-state index contributed by atoms with van der Waals surface area (Å²) in [6, 6.07) is -0.441. The molecule has 0 aromatic heterocycles. The quantitative estimate of drug-likeness (QED) is 0.643. The summed E-state index contributed by atoms with van der Waals surface area (Å²) < 4.78 is 5.39. The molecular weight excluding hydrogens is 184 g/mol. The predicted octanol–water partition coefficient (Wildman–Crippen LogP) is -0.492. The monoisotopic (exact) mass is 202 g/mol. The van der Waals surface area contributed by atoms with Crippen LogP contribution in [-0.4, -0.2) is 54.4 Å². The first-order chi connectivity index (χ1) is 6.57. The standard InChI is InChI=1S/C9H18N2O3/c1-6-7(3-4-14-6)11(2)8(5-10)9(12)13/h6-8H,3-5,10H2,1-2H3,(H,12,13). The van der Waals surface area contributed by atoms with Crippen LogP contribution in [0.5, 0.6) is 0 Å². The fraction of sp³-hybridized carbons (Fsp3) is 0.889. The number of likely N-dealkylation sites (N-methyl/N-ethyl adjacent to an activating group) is 1. The first kappa shape index (κ1) is 11.4. The Bertz CT molecular complexity index is 210. The molecule has 0 aromatic carbocycles. The zero-order valence-electron chi connectivity index (χ0n) is 8.64. The van der Waals surface area contributed by atoms with Gasteiger partial charge in [0.1, 0.15) is 6.04 Å². The van der Waals surface area contributed by atoms with Crippen molar-refractivity contribution in [2.24, 2.45) is 5.73 Å². The SMILES string of the molecule is CC1OCCC1N(C)C(CN)C(=O)O. The Balaban J connectivity index is 2.61. The second-order valence-corrected chi connectivity index (χ2v) is 3.69. The molecule has 5 nitrogen and oxygen atoms in total. The Hall–Kier alpha value is -0.650. The molecule has 0 spiro atoms. The number of nitrogens with zero attached hydrogens (tertiary/aromatic N) is 1. The zero-order valence-corrected chi connectivity index (χ0v) is 8.64. The summed E-state index contributed by atoms with van der Waals surface area (Å²) in [7, 11) is 1.79. The lowest BCUT2D eigenvalue weighted by Gasteiger charge is -2.31. The zero-order chi connectivity index (χ0) is 10.7. The van der Waals surface area contributed by atoms with E-state index in [-0.39, 0.29) is 18.7 Å². The molecule has 0 aromatic rings. The van der Waals surface area contributed by atoms with Gasteiger partial charge in [-0.2, -0.15) is 0 Å². The van der Waals surface area contributed by atoms with E-state index in [4.69, 9.17) is 15.6 Å². The highest BCUT2D eigenvalue weighted by Gasteiger charge is 2.33. The molecule has 82 valence electrons. The van der Waals surface area contributed by atoms with Crippen LogP contribution in [0.1, 0.15) is 13.3 Å². The van der Waals surface area contributed by atoms with Gasteiger partial charge in [-0.05, 0) is 20.4 Å². The topological polar surface area (TPSA) is 75.8 Å². The van der Waals surface area contributed by atoms with Crippen molar-refractivity contribution in [1.29, 1.82) is 0 Å². The second kappa shape index (κ2) is 4.72. The number of carboxylic acid groups (broad SMARTS) is 1. The maximum atomic E-state index is 10.9. The van der Waals surface area contributed by atoms with Crippen molar-refractivity contribution in [3.05, 3.63) is 0 Å². The number of ether oxygens (including phenoxy) is 1. The minimum absolute atomic E-state index is 0.0911. The van der Waals surface area contributed by atoms with E-state index >= 15 is 0 Å². The number of carbonyl (C=O) groups is 1. The Labute approximate surface area is 83.8 Å². The van der Waals surface area contributed by atoms with E-state index in [1.165, 1.54) is 0 Å². The first-order valence-corrected chi connectivity index (χ1v) is 4.84. The number of hydrogen-bond donors (Lipinski definition) is 2. The van der Waals surface area contributed by atoms with Crippen LogP contribution in [0.4, 0.5) is 0 Å². The van der Waals surface area contributed by atoms with Gasteiger partial charge in [-0.3, -0.25) is 9.69 Å². The van der Waals surface area contributed by atoms with Crippen LogP contribution in [0.2, 0.25) is 0 Å². The molecule has 1 fully saturated rings. The van der Waals surface area contributed by atoms with Gasteiger partial charge in [-0.15, -0.1) is 0 Å². The molecule has 0 saturated carbocycles. The van der Waals surface area contributed by atoms with Crippen molar-refractivity contribution in [2.45, 2.75) is 31.5 Å². The summed E-state index contributed by atoms with van der Waals surface area (Å²) in [5.74, 6) is -0.867. The van der Waals surface area contributed by atoms with Gasteiger partial charge in [0.2, 0.25) is 0 Å². The largest absolute Gasteiger partial charge is 0.480 e. The molecule has 0 bridgehead atoms. The van der Waals surface area contributed by atoms with Crippen LogP contribution in [0, 0.1) is 0 Å². The molecule has 3 N–H and O–H groups in total. The summed E-state index contributed by atoms with van der Waals surface area (Å²) in [4.78, 5) is 12.7. The van der Waals surface area contributed by atoms with Crippen LogP contribution in [0.3, 0.4) is 0 Å². The molecule has 0 amide bonds. The van der Waals surface area contributed by atoms with Gasteiger partial charge in [-0.25, -0.2) is 0 Å². The van der Waals surface area contributed by atoms with Crippen molar-refractivity contribution in [3.63, 3.8) is 0 Å². The Morgan fingerprint density at radius 3 is 2.79 bits per heavy atom. The highest BCUT2D eigenvalue weighted by atomic mass is 16.5. The lowest BCUT2D eigenvalue weighted by Crippen LogP contribution is -2.50. The van der Waals surface area contributed by atoms with Gasteiger partial charge in [0.25, 0.3) is 0 Å². The Kier molecular flexibility index (Phi) is 3.86. The third kappa shape index (κ3) is 2.23. The van der Waals surface area contributed by atoms with Crippen LogP contribution in [0.25, 0.3) is 0 Å². The highest BCUT2D eigenvalue weighted by molar-refractivity contribution is 5.73. The molecule has 1 saturated heterocycles. The number of nitrogens with two attached hydrogens (primary N) is 1. The van der Waals surface area contributed by atoms with Crippen molar-refractivity contribution in [3.8, 4) is 0 Å². The summed E-state index contributed by atoms with van der Waals surface area (Å²) in [6.45, 7) is 2.80. The third-order valence-electron chi connectivity index (χ3n) is 2.86. The van der Waals surface area contributed by atoms with E-state index in [2.05, 4.69) is 0 Å². The van der Waals surface area contributed by atoms with Gasteiger partial charge in [0.05, 0.1) is 6.10 Å². The number of rotatable bonds is 4. The average molecular weight is 202 g/mol. The molecule has 1 rings (SSSR count). The second-order valence-electron chi connectivity index (χ2n) is 3.69. The van der Waals surface area contributed by atoms with E-state index in [0.717, 1.165) is 6.42 Å². The summed E-state index contributed by atoms with van der Waals surface area (Å²) in [5, 5.41) is 8.93. The van der Waals surface area contributed by atoms with Gasteiger partial charge in [0.15, 0.2) is 0 Å². The third-order valence-corrected chi connectivity index (χ3v) is 2.86. The maximum absolute atomic E-state index is 10.9. The van der Waals surface area contributed by atoms with Crippen molar-refractivity contribution < 1.29 is 14.6 Å². The number of hydrogen-bond acceptors (Lipinski definition) is 4. The van der Waals surface area contributed by atoms with E-state index in [1.54, 1.807) is 11.9 Å². The molecule has 3 atom stereocenters. The fourth-order valence-electron chi connectivity index (χ4n) is 1.93. The molecule has 0 radical (unpaired) electrons. The summed E-state index contributed by atoms with van der Waals surface area (Å²) >= 11 is 0. The van der Waals surface area contributed by atoms with E-state index < -0.39 is 12.0 Å². The highest BCUT2D eigenvalue weighted by Crippen LogP contribution is 2.19. The fourth-order valence-corrected chi connectivity index (χ4v) is 1.93. The van der Waals surface area contributed by atoms with Crippen LogP contribution in [-0.2, 0) is 9.53 Å². The molecule has 1 heterocycles. The number of carboxylic acids is 1. The molecule has 3 unspecified atom stereocenters. The Morgan fingerprint density at radius 2 is 2.43 bits per heavy atom. The van der Waals surface area contributed by atoms with Gasteiger partial charge in [-0.1, -0.05) is 0 Å². The minimum Gasteiger partial charge on any atom is -0.480 e. The molecule has 0 aliphatic carbocycles. The van der Waals surface area contributed by atoms with E-state index in [1.807, 2.05) is 6.92 Å². The molecular formula is C9H18N2O3. The van der Waals surface area contributed by atoms with Crippen LogP contribution < -0.4 is 5.73 Å². The lowest BCUT2D eigenvalue weighted by molar-refractivity contribution is -0.143. The summed E-state index contributed by atoms with van der Waals surface area (Å²) in [6.07, 6.45) is 0.968. The normalized spacial score (nSPS) is 29.4. The molecule has 14 heavy (non-hydrogen) atoms. The molecule has 5 heteroatoms. The first-order valence-electron chi connectivity index (χ1n) is 4.84. The van der Waals surface area contributed by atoms with Crippen LogP contribution >= 0.6 is 0 Å². The van der Waals surface area contributed by atoms with Crippen LogP contribution in [0.15, 0.2) is 0 Å². The lowest BCUT2D eigenvalue weighted by atomic mass is 10.1. The van der Waals surface area contributed by atoms with Gasteiger partial charge >= 0.3 is 5.97 Å². The predicted molar refractivity (Wildman–Crippen MR) is 52.1 cm³/mol. The molecule has 1 aliphatic heterocycles. The van der Waals surface area contributed by atoms with Crippen molar-refractivity contribution >= 4 is 5.97 Å². The minimum atomic E-state index is -0.867. The van der Waals surface area contributed by atoms with E-state index in [0.29, 0.717) is 6.61 Å².